The Balaban J connectivity index is 2.36. The number of H-pyrrole nitrogens is 1. The van der Waals surface area contributed by atoms with E-state index < -0.39 is 0 Å². The van der Waals surface area contributed by atoms with E-state index in [1.54, 1.807) is 6.08 Å². The van der Waals surface area contributed by atoms with Gasteiger partial charge in [-0.1, -0.05) is 18.7 Å². The molecule has 0 aliphatic carbocycles. The SMILES string of the molecule is C=C/C=c1/c(N2CCC(O)CC2)n[nH]/c1=C/C. The summed E-state index contributed by atoms with van der Waals surface area (Å²) in [5, 5.41) is 19.0. The smallest absolute Gasteiger partial charge is 0.158 e. The van der Waals surface area contributed by atoms with Crippen LogP contribution in [0.15, 0.2) is 12.7 Å². The first-order valence-electron chi connectivity index (χ1n) is 6.02. The molecule has 0 radical (unpaired) electrons. The second-order valence-corrected chi connectivity index (χ2v) is 4.28. The Bertz CT molecular complexity index is 495. The largest absolute Gasteiger partial charge is 0.393 e. The lowest BCUT2D eigenvalue weighted by atomic mass is 10.1. The Hall–Kier alpha value is -1.55. The highest BCUT2D eigenvalue weighted by Crippen LogP contribution is 2.13. The second-order valence-electron chi connectivity index (χ2n) is 4.28. The van der Waals surface area contributed by atoms with Gasteiger partial charge in [0.25, 0.3) is 0 Å². The number of nitrogens with one attached hydrogen (secondary N) is 1. The van der Waals surface area contributed by atoms with E-state index >= 15 is 0 Å². The summed E-state index contributed by atoms with van der Waals surface area (Å²) >= 11 is 0. The monoisotopic (exact) mass is 233 g/mol. The molecule has 1 aliphatic rings. The summed E-state index contributed by atoms with van der Waals surface area (Å²) < 4.78 is 0. The molecule has 1 aliphatic heterocycles. The number of aliphatic hydroxyl groups excluding tert-OH is 1. The van der Waals surface area contributed by atoms with E-state index in [-0.39, 0.29) is 6.10 Å². The number of hydrogen-bond donors (Lipinski definition) is 2. The lowest BCUT2D eigenvalue weighted by Crippen LogP contribution is -2.39. The Morgan fingerprint density at radius 3 is 2.76 bits per heavy atom. The maximum atomic E-state index is 9.51. The van der Waals surface area contributed by atoms with Crippen LogP contribution >= 0.6 is 0 Å². The van der Waals surface area contributed by atoms with Gasteiger partial charge in [-0.2, -0.15) is 5.10 Å². The van der Waals surface area contributed by atoms with Crippen molar-refractivity contribution in [3.05, 3.63) is 23.2 Å². The van der Waals surface area contributed by atoms with Crippen LogP contribution in [0.5, 0.6) is 0 Å². The molecule has 1 aromatic heterocycles. The molecule has 2 N–H and O–H groups in total. The van der Waals surface area contributed by atoms with Crippen LogP contribution in [0, 0.1) is 0 Å². The number of allylic oxidation sites excluding steroid dienone is 1. The van der Waals surface area contributed by atoms with E-state index in [1.807, 2.05) is 19.1 Å². The molecule has 92 valence electrons. The number of aromatic amines is 1. The molecule has 0 aromatic carbocycles. The fraction of sp³-hybridized carbons (Fsp3) is 0.462. The molecule has 17 heavy (non-hydrogen) atoms. The quantitative estimate of drug-likeness (QED) is 0.764. The number of nitrogens with zero attached hydrogens (tertiary/aromatic N) is 2. The zero-order chi connectivity index (χ0) is 12.3. The summed E-state index contributed by atoms with van der Waals surface area (Å²) in [7, 11) is 0. The molecule has 4 heteroatoms. The van der Waals surface area contributed by atoms with Crippen molar-refractivity contribution in [1.29, 1.82) is 0 Å². The molecular formula is C13H19N3O. The molecule has 1 fully saturated rings. The molecule has 0 bridgehead atoms. The summed E-state index contributed by atoms with van der Waals surface area (Å²) in [6.07, 6.45) is 7.22. The van der Waals surface area contributed by atoms with Crippen LogP contribution < -0.4 is 15.5 Å². The fourth-order valence-corrected chi connectivity index (χ4v) is 2.18. The van der Waals surface area contributed by atoms with Crippen molar-refractivity contribution in [3.63, 3.8) is 0 Å². The third-order valence-corrected chi connectivity index (χ3v) is 3.15. The van der Waals surface area contributed by atoms with Crippen LogP contribution in [0.4, 0.5) is 5.82 Å². The van der Waals surface area contributed by atoms with Crippen molar-refractivity contribution in [1.82, 2.24) is 10.2 Å². The van der Waals surface area contributed by atoms with E-state index in [0.717, 1.165) is 42.3 Å². The predicted molar refractivity (Wildman–Crippen MR) is 70.1 cm³/mol. The average molecular weight is 233 g/mol. The van der Waals surface area contributed by atoms with Gasteiger partial charge in [0.05, 0.1) is 11.5 Å². The Labute approximate surface area is 101 Å². The van der Waals surface area contributed by atoms with Gasteiger partial charge in [-0.15, -0.1) is 0 Å². The van der Waals surface area contributed by atoms with Gasteiger partial charge in [0, 0.05) is 18.3 Å². The number of aliphatic hydroxyl groups is 1. The van der Waals surface area contributed by atoms with Gasteiger partial charge in [0.1, 0.15) is 0 Å². The van der Waals surface area contributed by atoms with Crippen molar-refractivity contribution < 1.29 is 5.11 Å². The van der Waals surface area contributed by atoms with E-state index in [0.29, 0.717) is 0 Å². The van der Waals surface area contributed by atoms with E-state index in [4.69, 9.17) is 0 Å². The molecule has 2 heterocycles. The first-order chi connectivity index (χ1) is 8.26. The van der Waals surface area contributed by atoms with Crippen molar-refractivity contribution in [2.75, 3.05) is 18.0 Å². The summed E-state index contributed by atoms with van der Waals surface area (Å²) in [6.45, 7) is 7.43. The zero-order valence-corrected chi connectivity index (χ0v) is 10.2. The van der Waals surface area contributed by atoms with Crippen LogP contribution in [-0.2, 0) is 0 Å². The molecule has 1 aromatic rings. The molecule has 0 atom stereocenters. The van der Waals surface area contributed by atoms with Gasteiger partial charge in [-0.25, -0.2) is 0 Å². The number of anilines is 1. The van der Waals surface area contributed by atoms with Gasteiger partial charge in [-0.3, -0.25) is 5.10 Å². The van der Waals surface area contributed by atoms with Gasteiger partial charge < -0.3 is 10.0 Å². The highest BCUT2D eigenvalue weighted by atomic mass is 16.3. The van der Waals surface area contributed by atoms with Gasteiger partial charge >= 0.3 is 0 Å². The lowest BCUT2D eigenvalue weighted by molar-refractivity contribution is 0.145. The minimum absolute atomic E-state index is 0.158. The summed E-state index contributed by atoms with van der Waals surface area (Å²) in [5.74, 6) is 0.963. The second kappa shape index (κ2) is 5.19. The number of aromatic nitrogens is 2. The lowest BCUT2D eigenvalue weighted by Gasteiger charge is -2.29. The molecule has 0 saturated carbocycles. The first kappa shape index (κ1) is 11.9. The number of piperidine rings is 1. The fourth-order valence-electron chi connectivity index (χ4n) is 2.18. The zero-order valence-electron chi connectivity index (χ0n) is 10.2. The highest BCUT2D eigenvalue weighted by Gasteiger charge is 2.19. The van der Waals surface area contributed by atoms with E-state index in [9.17, 15) is 5.11 Å². The number of hydrogen-bond acceptors (Lipinski definition) is 3. The maximum absolute atomic E-state index is 9.51. The molecule has 1 saturated heterocycles. The predicted octanol–water partition coefficient (Wildman–Crippen LogP) is 0.138. The van der Waals surface area contributed by atoms with Gasteiger partial charge in [0.15, 0.2) is 5.82 Å². The summed E-state index contributed by atoms with van der Waals surface area (Å²) in [4.78, 5) is 2.21. The van der Waals surface area contributed by atoms with Crippen LogP contribution in [0.25, 0.3) is 12.2 Å². The molecule has 0 amide bonds. The third kappa shape index (κ3) is 2.42. The van der Waals surface area contributed by atoms with Crippen LogP contribution in [0.2, 0.25) is 0 Å². The standard InChI is InChI=1S/C13H19N3O/c1-3-5-11-12(4-2)14-15-13(11)16-8-6-10(17)7-9-16/h3-5,10,14,17H,1,6-9H2,2H3/b11-5+,12-4+. The van der Waals surface area contributed by atoms with Crippen molar-refractivity contribution in [2.45, 2.75) is 25.9 Å². The number of rotatable bonds is 2. The summed E-state index contributed by atoms with van der Waals surface area (Å²) in [6, 6.07) is 0. The summed E-state index contributed by atoms with van der Waals surface area (Å²) in [5.41, 5.74) is 0. The van der Waals surface area contributed by atoms with Crippen LogP contribution in [-0.4, -0.2) is 34.5 Å². The first-order valence-corrected chi connectivity index (χ1v) is 6.02. The minimum atomic E-state index is -0.158. The molecule has 0 unspecified atom stereocenters. The Kier molecular flexibility index (Phi) is 3.64. The molecular weight excluding hydrogens is 214 g/mol. The third-order valence-electron chi connectivity index (χ3n) is 3.15. The average Bonchev–Trinajstić information content (AvgIpc) is 2.74. The minimum Gasteiger partial charge on any atom is -0.393 e. The highest BCUT2D eigenvalue weighted by molar-refractivity contribution is 5.50. The van der Waals surface area contributed by atoms with Crippen LogP contribution in [0.3, 0.4) is 0 Å². The van der Waals surface area contributed by atoms with E-state index in [2.05, 4.69) is 21.7 Å². The van der Waals surface area contributed by atoms with Gasteiger partial charge in [-0.05, 0) is 25.8 Å². The van der Waals surface area contributed by atoms with Crippen molar-refractivity contribution in [3.8, 4) is 0 Å². The van der Waals surface area contributed by atoms with E-state index in [1.165, 1.54) is 0 Å². The van der Waals surface area contributed by atoms with Crippen molar-refractivity contribution >= 4 is 18.0 Å². The molecule has 4 nitrogen and oxygen atoms in total. The Morgan fingerprint density at radius 2 is 2.18 bits per heavy atom. The van der Waals surface area contributed by atoms with Crippen molar-refractivity contribution in [2.24, 2.45) is 0 Å². The normalized spacial score (nSPS) is 20.0. The molecule has 0 spiro atoms. The maximum Gasteiger partial charge on any atom is 0.158 e. The Morgan fingerprint density at radius 1 is 1.47 bits per heavy atom. The van der Waals surface area contributed by atoms with Crippen LogP contribution in [0.1, 0.15) is 19.8 Å². The van der Waals surface area contributed by atoms with Gasteiger partial charge in [0.2, 0.25) is 0 Å². The molecule has 2 rings (SSSR count). The topological polar surface area (TPSA) is 52.1 Å².